The Morgan fingerprint density at radius 3 is 2.75 bits per heavy atom. The van der Waals surface area contributed by atoms with Crippen LogP contribution in [0, 0.1) is 13.8 Å². The molecule has 90 valence electrons. The quantitative estimate of drug-likeness (QED) is 0.784. The molecular formula is C11H19N3O2. The van der Waals surface area contributed by atoms with Gasteiger partial charge in [0.25, 0.3) is 0 Å². The average Bonchev–Trinajstić information content (AvgIpc) is 2.52. The zero-order chi connectivity index (χ0) is 12.1. The van der Waals surface area contributed by atoms with Crippen molar-refractivity contribution in [1.29, 1.82) is 0 Å². The van der Waals surface area contributed by atoms with Gasteiger partial charge < -0.3 is 15.5 Å². The zero-order valence-electron chi connectivity index (χ0n) is 10.0. The van der Waals surface area contributed by atoms with Gasteiger partial charge in [-0.2, -0.15) is 0 Å². The van der Waals surface area contributed by atoms with Crippen molar-refractivity contribution < 1.29 is 9.21 Å². The van der Waals surface area contributed by atoms with E-state index in [1.54, 1.807) is 0 Å². The van der Waals surface area contributed by atoms with E-state index < -0.39 is 0 Å². The monoisotopic (exact) mass is 225 g/mol. The SMILES string of the molecule is Cc1nc(CNC(=O)CCC(C)N)oc1C. The van der Waals surface area contributed by atoms with Gasteiger partial charge in [-0.1, -0.05) is 0 Å². The van der Waals surface area contributed by atoms with Crippen molar-refractivity contribution in [3.63, 3.8) is 0 Å². The molecule has 1 heterocycles. The van der Waals surface area contributed by atoms with Crippen molar-refractivity contribution in [2.75, 3.05) is 0 Å². The first kappa shape index (κ1) is 12.7. The molecule has 0 fully saturated rings. The minimum Gasteiger partial charge on any atom is -0.444 e. The molecule has 0 aromatic carbocycles. The molecule has 1 rings (SSSR count). The summed E-state index contributed by atoms with van der Waals surface area (Å²) >= 11 is 0. The predicted molar refractivity (Wildman–Crippen MR) is 60.7 cm³/mol. The smallest absolute Gasteiger partial charge is 0.220 e. The number of aryl methyl sites for hydroxylation is 2. The molecule has 5 nitrogen and oxygen atoms in total. The third-order valence-electron chi connectivity index (χ3n) is 2.34. The Morgan fingerprint density at radius 1 is 1.56 bits per heavy atom. The van der Waals surface area contributed by atoms with Gasteiger partial charge in [-0.05, 0) is 27.2 Å². The van der Waals surface area contributed by atoms with Crippen molar-refractivity contribution in [1.82, 2.24) is 10.3 Å². The van der Waals surface area contributed by atoms with E-state index in [1.165, 1.54) is 0 Å². The lowest BCUT2D eigenvalue weighted by molar-refractivity contribution is -0.121. The highest BCUT2D eigenvalue weighted by Crippen LogP contribution is 2.07. The molecule has 0 saturated heterocycles. The average molecular weight is 225 g/mol. The molecule has 1 unspecified atom stereocenters. The first-order valence-corrected chi connectivity index (χ1v) is 5.44. The maximum atomic E-state index is 11.4. The minimum atomic E-state index is -0.0224. The fourth-order valence-electron chi connectivity index (χ4n) is 1.24. The summed E-state index contributed by atoms with van der Waals surface area (Å²) in [4.78, 5) is 15.5. The molecule has 0 aliphatic rings. The summed E-state index contributed by atoms with van der Waals surface area (Å²) in [6.45, 7) is 5.95. The highest BCUT2D eigenvalue weighted by Gasteiger charge is 2.07. The Balaban J connectivity index is 2.31. The summed E-state index contributed by atoms with van der Waals surface area (Å²) < 4.78 is 5.34. The second kappa shape index (κ2) is 5.65. The highest BCUT2D eigenvalue weighted by molar-refractivity contribution is 5.75. The van der Waals surface area contributed by atoms with Crippen LogP contribution in [0.1, 0.15) is 37.1 Å². The van der Waals surface area contributed by atoms with Gasteiger partial charge in [-0.15, -0.1) is 0 Å². The third-order valence-corrected chi connectivity index (χ3v) is 2.34. The van der Waals surface area contributed by atoms with Gasteiger partial charge >= 0.3 is 0 Å². The van der Waals surface area contributed by atoms with E-state index in [9.17, 15) is 4.79 Å². The van der Waals surface area contributed by atoms with Crippen LogP contribution in [0.25, 0.3) is 0 Å². The number of nitrogens with one attached hydrogen (secondary N) is 1. The molecule has 0 saturated carbocycles. The van der Waals surface area contributed by atoms with Crippen LogP contribution in [0.2, 0.25) is 0 Å². The van der Waals surface area contributed by atoms with Gasteiger partial charge in [-0.3, -0.25) is 4.79 Å². The van der Waals surface area contributed by atoms with Crippen molar-refractivity contribution in [2.45, 2.75) is 46.2 Å². The minimum absolute atomic E-state index is 0.0224. The third kappa shape index (κ3) is 4.02. The van der Waals surface area contributed by atoms with E-state index in [1.807, 2.05) is 20.8 Å². The molecule has 0 radical (unpaired) electrons. The topological polar surface area (TPSA) is 81.2 Å². The molecule has 16 heavy (non-hydrogen) atoms. The second-order valence-electron chi connectivity index (χ2n) is 4.04. The lowest BCUT2D eigenvalue weighted by Crippen LogP contribution is -2.25. The number of amides is 1. The first-order chi connectivity index (χ1) is 7.49. The van der Waals surface area contributed by atoms with Crippen molar-refractivity contribution in [3.8, 4) is 0 Å². The molecule has 0 spiro atoms. The molecule has 1 amide bonds. The lowest BCUT2D eigenvalue weighted by Gasteiger charge is -2.04. The van der Waals surface area contributed by atoms with Gasteiger partial charge in [0.2, 0.25) is 11.8 Å². The summed E-state index contributed by atoms with van der Waals surface area (Å²) in [5.41, 5.74) is 6.42. The van der Waals surface area contributed by atoms with Crippen LogP contribution in [0.5, 0.6) is 0 Å². The van der Waals surface area contributed by atoms with Gasteiger partial charge in [0.05, 0.1) is 12.2 Å². The number of oxazole rings is 1. The molecule has 0 bridgehead atoms. The largest absolute Gasteiger partial charge is 0.444 e. The number of rotatable bonds is 5. The summed E-state index contributed by atoms with van der Waals surface area (Å²) in [6, 6.07) is 0.0528. The summed E-state index contributed by atoms with van der Waals surface area (Å²) in [6.07, 6.45) is 1.13. The van der Waals surface area contributed by atoms with Crippen LogP contribution in [-0.4, -0.2) is 16.9 Å². The van der Waals surface area contributed by atoms with E-state index >= 15 is 0 Å². The molecule has 0 aliphatic heterocycles. The summed E-state index contributed by atoms with van der Waals surface area (Å²) in [5, 5.41) is 2.74. The predicted octanol–water partition coefficient (Wildman–Crippen LogP) is 1.04. The van der Waals surface area contributed by atoms with Crippen LogP contribution in [0.3, 0.4) is 0 Å². The Morgan fingerprint density at radius 2 is 2.25 bits per heavy atom. The Kier molecular flexibility index (Phi) is 4.49. The van der Waals surface area contributed by atoms with Gasteiger partial charge in [0, 0.05) is 12.5 Å². The van der Waals surface area contributed by atoms with E-state index in [2.05, 4.69) is 10.3 Å². The molecule has 3 N–H and O–H groups in total. The van der Waals surface area contributed by atoms with Crippen molar-refractivity contribution in [2.24, 2.45) is 5.73 Å². The standard InChI is InChI=1S/C11H19N3O2/c1-7(12)4-5-10(15)13-6-11-14-8(2)9(3)16-11/h7H,4-6,12H2,1-3H3,(H,13,15). The summed E-state index contributed by atoms with van der Waals surface area (Å²) in [5.74, 6) is 1.31. The fraction of sp³-hybridized carbons (Fsp3) is 0.636. The van der Waals surface area contributed by atoms with Crippen molar-refractivity contribution in [3.05, 3.63) is 17.3 Å². The first-order valence-electron chi connectivity index (χ1n) is 5.44. The molecular weight excluding hydrogens is 206 g/mol. The van der Waals surface area contributed by atoms with Crippen LogP contribution >= 0.6 is 0 Å². The van der Waals surface area contributed by atoms with E-state index in [0.29, 0.717) is 25.3 Å². The van der Waals surface area contributed by atoms with Gasteiger partial charge in [-0.25, -0.2) is 4.98 Å². The lowest BCUT2D eigenvalue weighted by atomic mass is 10.2. The van der Waals surface area contributed by atoms with Crippen molar-refractivity contribution >= 4 is 5.91 Å². The molecule has 5 heteroatoms. The van der Waals surface area contributed by atoms with E-state index in [0.717, 1.165) is 11.5 Å². The highest BCUT2D eigenvalue weighted by atomic mass is 16.4. The van der Waals surface area contributed by atoms with Crippen LogP contribution in [-0.2, 0) is 11.3 Å². The van der Waals surface area contributed by atoms with E-state index in [4.69, 9.17) is 10.2 Å². The number of hydrogen-bond donors (Lipinski definition) is 2. The Bertz CT molecular complexity index is 339. The number of nitrogens with zero attached hydrogens (tertiary/aromatic N) is 1. The zero-order valence-corrected chi connectivity index (χ0v) is 10.0. The molecule has 0 aliphatic carbocycles. The molecule has 1 atom stereocenters. The maximum absolute atomic E-state index is 11.4. The number of carbonyl (C=O) groups excluding carboxylic acids is 1. The van der Waals surface area contributed by atoms with E-state index in [-0.39, 0.29) is 11.9 Å². The summed E-state index contributed by atoms with van der Waals surface area (Å²) in [7, 11) is 0. The van der Waals surface area contributed by atoms with Crippen LogP contribution < -0.4 is 11.1 Å². The molecule has 1 aromatic heterocycles. The van der Waals surface area contributed by atoms with Crippen LogP contribution in [0.4, 0.5) is 0 Å². The van der Waals surface area contributed by atoms with Gasteiger partial charge in [0.1, 0.15) is 5.76 Å². The Labute approximate surface area is 95.4 Å². The number of carbonyl (C=O) groups is 1. The maximum Gasteiger partial charge on any atom is 0.220 e. The number of aromatic nitrogens is 1. The van der Waals surface area contributed by atoms with Gasteiger partial charge in [0.15, 0.2) is 0 Å². The number of nitrogens with two attached hydrogens (primary N) is 1. The fourth-order valence-corrected chi connectivity index (χ4v) is 1.24. The van der Waals surface area contributed by atoms with Crippen LogP contribution in [0.15, 0.2) is 4.42 Å². The second-order valence-corrected chi connectivity index (χ2v) is 4.04. The Hall–Kier alpha value is -1.36. The number of hydrogen-bond acceptors (Lipinski definition) is 4. The normalized spacial score (nSPS) is 12.5. The molecule has 1 aromatic rings.